The van der Waals surface area contributed by atoms with Gasteiger partial charge in [-0.3, -0.25) is 4.79 Å². The molecule has 1 aromatic heterocycles. The summed E-state index contributed by atoms with van der Waals surface area (Å²) >= 11 is 0. The molecule has 6 heteroatoms. The van der Waals surface area contributed by atoms with Crippen molar-refractivity contribution in [1.82, 2.24) is 19.7 Å². The van der Waals surface area contributed by atoms with E-state index >= 15 is 0 Å². The summed E-state index contributed by atoms with van der Waals surface area (Å²) in [5, 5.41) is 2.95. The molecule has 0 bridgehead atoms. The zero-order valence-electron chi connectivity index (χ0n) is 17.5. The van der Waals surface area contributed by atoms with Crippen molar-refractivity contribution in [2.75, 3.05) is 13.1 Å². The van der Waals surface area contributed by atoms with Crippen molar-refractivity contribution in [3.05, 3.63) is 59.4 Å². The number of nitrogens with one attached hydrogen (secondary N) is 1. The van der Waals surface area contributed by atoms with Crippen LogP contribution in [-0.4, -0.2) is 51.5 Å². The van der Waals surface area contributed by atoms with Gasteiger partial charge in [0.25, 0.3) is 0 Å². The van der Waals surface area contributed by atoms with Crippen molar-refractivity contribution in [3.8, 4) is 0 Å². The number of aromatic nitrogens is 1. The average Bonchev–Trinajstić information content (AvgIpc) is 3.41. The van der Waals surface area contributed by atoms with Gasteiger partial charge in [-0.15, -0.1) is 0 Å². The number of carbonyl (C=O) groups excluding carboxylic acids is 2. The number of fused-ring (bicyclic) bond motifs is 1. The highest BCUT2D eigenvalue weighted by Crippen LogP contribution is 2.35. The minimum Gasteiger partial charge on any atom is -0.348 e. The standard InChI is InChI=1S/C23H30N4O2/c1-16(2)24-23(29)27(18-10-11-18)15-21(28)26-14-13-25-12-6-9-20(25)22(26)19-8-5-4-7-17(19)3/h4-9,12,16,18,22H,10-11,13-15H2,1-3H3,(H,24,29)/t22-/m0/s1. The Morgan fingerprint density at radius 1 is 1.14 bits per heavy atom. The fourth-order valence-electron chi connectivity index (χ4n) is 4.19. The molecule has 1 aliphatic heterocycles. The highest BCUT2D eigenvalue weighted by atomic mass is 16.2. The summed E-state index contributed by atoms with van der Waals surface area (Å²) in [6, 6.07) is 12.4. The monoisotopic (exact) mass is 394 g/mol. The molecule has 1 aromatic carbocycles. The molecule has 1 atom stereocenters. The van der Waals surface area contributed by atoms with E-state index in [0.29, 0.717) is 6.54 Å². The van der Waals surface area contributed by atoms with Gasteiger partial charge in [-0.1, -0.05) is 24.3 Å². The van der Waals surface area contributed by atoms with Crippen molar-refractivity contribution >= 4 is 11.9 Å². The molecule has 6 nitrogen and oxygen atoms in total. The van der Waals surface area contributed by atoms with E-state index in [2.05, 4.69) is 41.2 Å². The van der Waals surface area contributed by atoms with Crippen molar-refractivity contribution in [2.45, 2.75) is 58.3 Å². The SMILES string of the molecule is Cc1ccccc1[C@H]1c2cccn2CCN1C(=O)CN(C(=O)NC(C)C)C1CC1. The lowest BCUT2D eigenvalue weighted by atomic mass is 9.95. The number of carbonyl (C=O) groups is 2. The lowest BCUT2D eigenvalue weighted by Crippen LogP contribution is -2.51. The number of urea groups is 1. The van der Waals surface area contributed by atoms with Gasteiger partial charge in [0.1, 0.15) is 6.54 Å². The molecule has 29 heavy (non-hydrogen) atoms. The molecule has 1 aliphatic carbocycles. The molecule has 1 fully saturated rings. The first-order valence-corrected chi connectivity index (χ1v) is 10.5. The summed E-state index contributed by atoms with van der Waals surface area (Å²) in [4.78, 5) is 29.8. The van der Waals surface area contributed by atoms with Crippen LogP contribution in [0, 0.1) is 6.92 Å². The van der Waals surface area contributed by atoms with E-state index in [1.165, 1.54) is 5.56 Å². The quantitative estimate of drug-likeness (QED) is 0.846. The Hall–Kier alpha value is -2.76. The zero-order valence-corrected chi connectivity index (χ0v) is 17.5. The maximum Gasteiger partial charge on any atom is 0.318 e. The van der Waals surface area contributed by atoms with E-state index in [1.807, 2.05) is 36.9 Å². The van der Waals surface area contributed by atoms with Gasteiger partial charge in [0, 0.05) is 37.1 Å². The van der Waals surface area contributed by atoms with Crippen LogP contribution in [0.1, 0.15) is 49.6 Å². The summed E-state index contributed by atoms with van der Waals surface area (Å²) in [6.07, 6.45) is 4.03. The number of nitrogens with zero attached hydrogens (tertiary/aromatic N) is 3. The molecule has 2 aliphatic rings. The first-order chi connectivity index (χ1) is 14.0. The van der Waals surface area contributed by atoms with Crippen molar-refractivity contribution in [2.24, 2.45) is 0 Å². The van der Waals surface area contributed by atoms with Gasteiger partial charge < -0.3 is 19.7 Å². The molecule has 0 spiro atoms. The molecule has 1 saturated carbocycles. The van der Waals surface area contributed by atoms with Crippen LogP contribution >= 0.6 is 0 Å². The Kier molecular flexibility index (Phi) is 5.35. The van der Waals surface area contributed by atoms with Gasteiger partial charge >= 0.3 is 6.03 Å². The average molecular weight is 395 g/mol. The molecule has 154 valence electrons. The lowest BCUT2D eigenvalue weighted by Gasteiger charge is -2.39. The Bertz CT molecular complexity index is 900. The van der Waals surface area contributed by atoms with Gasteiger partial charge in [-0.25, -0.2) is 4.79 Å². The fraction of sp³-hybridized carbons (Fsp3) is 0.478. The minimum absolute atomic E-state index is 0.0107. The predicted octanol–water partition coefficient (Wildman–Crippen LogP) is 3.31. The Labute approximate surface area is 172 Å². The van der Waals surface area contributed by atoms with E-state index < -0.39 is 0 Å². The molecular weight excluding hydrogens is 364 g/mol. The maximum absolute atomic E-state index is 13.5. The maximum atomic E-state index is 13.5. The van der Waals surface area contributed by atoms with Crippen molar-refractivity contribution in [3.63, 3.8) is 0 Å². The van der Waals surface area contributed by atoms with E-state index in [-0.39, 0.29) is 36.6 Å². The lowest BCUT2D eigenvalue weighted by molar-refractivity contribution is -0.134. The molecule has 3 amide bonds. The summed E-state index contributed by atoms with van der Waals surface area (Å²) in [5.41, 5.74) is 3.44. The Morgan fingerprint density at radius 2 is 1.90 bits per heavy atom. The molecule has 0 radical (unpaired) electrons. The normalized spacial score (nSPS) is 18.5. The minimum atomic E-state index is -0.135. The fourth-order valence-corrected chi connectivity index (χ4v) is 4.19. The number of hydrogen-bond donors (Lipinski definition) is 1. The second-order valence-corrected chi connectivity index (χ2v) is 8.44. The summed E-state index contributed by atoms with van der Waals surface area (Å²) in [5.74, 6) is 0.0107. The third kappa shape index (κ3) is 4.02. The van der Waals surface area contributed by atoms with Crippen LogP contribution in [0.4, 0.5) is 4.79 Å². The largest absolute Gasteiger partial charge is 0.348 e. The zero-order chi connectivity index (χ0) is 20.5. The number of aryl methyl sites for hydroxylation is 1. The van der Waals surface area contributed by atoms with Crippen molar-refractivity contribution < 1.29 is 9.59 Å². The van der Waals surface area contributed by atoms with Crippen LogP contribution in [0.3, 0.4) is 0 Å². The van der Waals surface area contributed by atoms with E-state index in [1.54, 1.807) is 4.90 Å². The summed E-state index contributed by atoms with van der Waals surface area (Å²) in [6.45, 7) is 7.52. The van der Waals surface area contributed by atoms with E-state index in [4.69, 9.17) is 0 Å². The van der Waals surface area contributed by atoms with Crippen LogP contribution in [0.2, 0.25) is 0 Å². The molecule has 0 saturated heterocycles. The van der Waals surface area contributed by atoms with Crippen LogP contribution in [0.5, 0.6) is 0 Å². The molecular formula is C23H30N4O2. The van der Waals surface area contributed by atoms with Gasteiger partial charge in [-0.05, 0) is 56.9 Å². The second kappa shape index (κ2) is 7.93. The third-order valence-corrected chi connectivity index (χ3v) is 5.81. The van der Waals surface area contributed by atoms with Crippen LogP contribution in [0.25, 0.3) is 0 Å². The number of rotatable bonds is 5. The first-order valence-electron chi connectivity index (χ1n) is 10.5. The molecule has 2 heterocycles. The Balaban J connectivity index is 1.61. The molecule has 4 rings (SSSR count). The van der Waals surface area contributed by atoms with Crippen LogP contribution in [-0.2, 0) is 11.3 Å². The van der Waals surface area contributed by atoms with E-state index in [0.717, 1.165) is 30.6 Å². The van der Waals surface area contributed by atoms with Crippen LogP contribution in [0.15, 0.2) is 42.6 Å². The smallest absolute Gasteiger partial charge is 0.318 e. The van der Waals surface area contributed by atoms with Gasteiger partial charge in [0.15, 0.2) is 0 Å². The summed E-state index contributed by atoms with van der Waals surface area (Å²) < 4.78 is 2.23. The van der Waals surface area contributed by atoms with Gasteiger partial charge in [0.2, 0.25) is 5.91 Å². The van der Waals surface area contributed by atoms with Crippen molar-refractivity contribution in [1.29, 1.82) is 0 Å². The molecule has 0 unspecified atom stereocenters. The van der Waals surface area contributed by atoms with Gasteiger partial charge in [-0.2, -0.15) is 0 Å². The highest BCUT2D eigenvalue weighted by Gasteiger charge is 2.38. The van der Waals surface area contributed by atoms with Crippen LogP contribution < -0.4 is 5.32 Å². The first kappa shape index (κ1) is 19.6. The second-order valence-electron chi connectivity index (χ2n) is 8.44. The number of hydrogen-bond acceptors (Lipinski definition) is 2. The third-order valence-electron chi connectivity index (χ3n) is 5.81. The van der Waals surface area contributed by atoms with Gasteiger partial charge in [0.05, 0.1) is 6.04 Å². The number of amides is 3. The highest BCUT2D eigenvalue weighted by molar-refractivity contribution is 5.85. The summed E-state index contributed by atoms with van der Waals surface area (Å²) in [7, 11) is 0. The van der Waals surface area contributed by atoms with E-state index in [9.17, 15) is 9.59 Å². The number of benzene rings is 1. The molecule has 2 aromatic rings. The topological polar surface area (TPSA) is 57.6 Å². The Morgan fingerprint density at radius 3 is 2.59 bits per heavy atom. The molecule has 1 N–H and O–H groups in total. The predicted molar refractivity (Wildman–Crippen MR) is 113 cm³/mol.